The molecule has 0 radical (unpaired) electrons. The zero-order valence-electron chi connectivity index (χ0n) is 4.88. The molecule has 1 heterocycles. The summed E-state index contributed by atoms with van der Waals surface area (Å²) in [6.07, 6.45) is 0. The van der Waals surface area contributed by atoms with Crippen molar-refractivity contribution in [2.24, 2.45) is 5.73 Å². The molecule has 0 unspecified atom stereocenters. The average molecular weight is 142 g/mol. The molecule has 0 amide bonds. The number of hydrogen-bond donors (Lipinski definition) is 2. The van der Waals surface area contributed by atoms with Crippen molar-refractivity contribution in [1.82, 2.24) is 10.2 Å². The molecule has 1 aromatic rings. The fraction of sp³-hybridized carbons (Fsp3) is 0.250. The maximum atomic E-state index is 6.93. The maximum absolute atomic E-state index is 6.93. The maximum Gasteiger partial charge on any atom is 0.182 e. The fourth-order valence-corrected chi connectivity index (χ4v) is 0.958. The van der Waals surface area contributed by atoms with Crippen molar-refractivity contribution in [2.45, 2.75) is 6.92 Å². The highest BCUT2D eigenvalue weighted by atomic mass is 32.1. The topological polar surface area (TPSA) is 75.7 Å². The van der Waals surface area contributed by atoms with Crippen LogP contribution in [0.15, 0.2) is 0 Å². The van der Waals surface area contributed by atoms with E-state index in [0.29, 0.717) is 5.01 Å². The van der Waals surface area contributed by atoms with Crippen LogP contribution in [0, 0.1) is 12.3 Å². The number of nitrogens with zero attached hydrogens (tertiary/aromatic N) is 2. The van der Waals surface area contributed by atoms with Crippen LogP contribution >= 0.6 is 11.3 Å². The molecule has 3 N–H and O–H groups in total. The molecule has 0 spiro atoms. The summed E-state index contributed by atoms with van der Waals surface area (Å²) in [6.45, 7) is 1.82. The number of hydrogen-bond acceptors (Lipinski definition) is 4. The molecule has 0 saturated carbocycles. The highest BCUT2D eigenvalue weighted by Crippen LogP contribution is 2.05. The first-order valence-corrected chi connectivity index (χ1v) is 3.16. The van der Waals surface area contributed by atoms with Gasteiger partial charge in [0.15, 0.2) is 10.8 Å². The van der Waals surface area contributed by atoms with E-state index in [1.165, 1.54) is 11.3 Å². The molecule has 1 aromatic heterocycles. The van der Waals surface area contributed by atoms with Gasteiger partial charge in [-0.2, -0.15) is 0 Å². The van der Waals surface area contributed by atoms with E-state index < -0.39 is 0 Å². The zero-order chi connectivity index (χ0) is 6.85. The van der Waals surface area contributed by atoms with Crippen LogP contribution in [-0.4, -0.2) is 16.0 Å². The van der Waals surface area contributed by atoms with Gasteiger partial charge in [0.05, 0.1) is 0 Å². The van der Waals surface area contributed by atoms with Crippen LogP contribution in [0.4, 0.5) is 0 Å². The Hall–Kier alpha value is -0.970. The predicted octanol–water partition coefficient (Wildman–Crippen LogP) is 0.131. The van der Waals surface area contributed by atoms with Gasteiger partial charge in [-0.3, -0.25) is 5.41 Å². The summed E-state index contributed by atoms with van der Waals surface area (Å²) in [5, 5.41) is 15.6. The molecule has 4 nitrogen and oxygen atoms in total. The third kappa shape index (κ3) is 1.23. The summed E-state index contributed by atoms with van der Waals surface area (Å²) < 4.78 is 0. The Labute approximate surface area is 56.2 Å². The van der Waals surface area contributed by atoms with Gasteiger partial charge >= 0.3 is 0 Å². The Morgan fingerprint density at radius 1 is 1.67 bits per heavy atom. The second-order valence-corrected chi connectivity index (χ2v) is 2.72. The molecule has 1 rings (SSSR count). The molecule has 0 aliphatic carbocycles. The van der Waals surface area contributed by atoms with Gasteiger partial charge in [0, 0.05) is 0 Å². The third-order valence-electron chi connectivity index (χ3n) is 0.756. The van der Waals surface area contributed by atoms with Crippen LogP contribution in [0.1, 0.15) is 10.0 Å². The van der Waals surface area contributed by atoms with Crippen molar-refractivity contribution < 1.29 is 0 Å². The first-order valence-electron chi connectivity index (χ1n) is 2.34. The van der Waals surface area contributed by atoms with Crippen molar-refractivity contribution in [2.75, 3.05) is 0 Å². The predicted molar refractivity (Wildman–Crippen MR) is 35.7 cm³/mol. The van der Waals surface area contributed by atoms with Crippen molar-refractivity contribution in [3.63, 3.8) is 0 Å². The van der Waals surface area contributed by atoms with Gasteiger partial charge in [0.1, 0.15) is 5.01 Å². The lowest BCUT2D eigenvalue weighted by Gasteiger charge is -1.82. The molecule has 0 aromatic carbocycles. The highest BCUT2D eigenvalue weighted by Gasteiger charge is 2.00. The first kappa shape index (κ1) is 6.15. The number of nitrogens with two attached hydrogens (primary N) is 1. The Bertz CT molecular complexity index is 228. The molecule has 0 fully saturated rings. The van der Waals surface area contributed by atoms with E-state index in [1.54, 1.807) is 0 Å². The SMILES string of the molecule is Cc1nnc(C(=N)N)s1. The van der Waals surface area contributed by atoms with Gasteiger partial charge in [-0.15, -0.1) is 10.2 Å². The van der Waals surface area contributed by atoms with Gasteiger partial charge in [0.25, 0.3) is 0 Å². The Kier molecular flexibility index (Phi) is 1.44. The lowest BCUT2D eigenvalue weighted by Crippen LogP contribution is -2.10. The normalized spacial score (nSPS) is 9.44. The number of rotatable bonds is 1. The summed E-state index contributed by atoms with van der Waals surface area (Å²) in [6, 6.07) is 0. The molecule has 0 aliphatic heterocycles. The van der Waals surface area contributed by atoms with E-state index in [4.69, 9.17) is 11.1 Å². The molecular formula is C4H6N4S. The van der Waals surface area contributed by atoms with Gasteiger partial charge in [-0.1, -0.05) is 11.3 Å². The lowest BCUT2D eigenvalue weighted by atomic mass is 10.7. The quantitative estimate of drug-likeness (QED) is 0.432. The monoisotopic (exact) mass is 142 g/mol. The van der Waals surface area contributed by atoms with Crippen LogP contribution < -0.4 is 5.73 Å². The van der Waals surface area contributed by atoms with Gasteiger partial charge in [0.2, 0.25) is 0 Å². The van der Waals surface area contributed by atoms with E-state index >= 15 is 0 Å². The van der Waals surface area contributed by atoms with E-state index in [9.17, 15) is 0 Å². The second kappa shape index (κ2) is 2.10. The van der Waals surface area contributed by atoms with Crippen LogP contribution in [0.3, 0.4) is 0 Å². The Morgan fingerprint density at radius 2 is 2.33 bits per heavy atom. The van der Waals surface area contributed by atoms with Crippen molar-refractivity contribution in [1.29, 1.82) is 5.41 Å². The Balaban J connectivity index is 2.98. The lowest BCUT2D eigenvalue weighted by molar-refractivity contribution is 1.04. The molecule has 0 saturated heterocycles. The second-order valence-electron chi connectivity index (χ2n) is 1.54. The van der Waals surface area contributed by atoms with Crippen molar-refractivity contribution >= 4 is 17.2 Å². The molecule has 5 heteroatoms. The summed E-state index contributed by atoms with van der Waals surface area (Å²) in [4.78, 5) is 0. The standard InChI is InChI=1S/C4H6N4S/c1-2-7-8-4(9-2)3(5)6/h1H3,(H3,5,6). The summed E-state index contributed by atoms with van der Waals surface area (Å²) >= 11 is 1.32. The molecule has 0 bridgehead atoms. The van der Waals surface area contributed by atoms with Crippen LogP contribution in [0.25, 0.3) is 0 Å². The minimum atomic E-state index is -0.0133. The molecular weight excluding hydrogens is 136 g/mol. The van der Waals surface area contributed by atoms with Crippen molar-refractivity contribution in [3.05, 3.63) is 10.0 Å². The highest BCUT2D eigenvalue weighted by molar-refractivity contribution is 7.13. The van der Waals surface area contributed by atoms with Gasteiger partial charge in [-0.05, 0) is 6.92 Å². The van der Waals surface area contributed by atoms with Gasteiger partial charge < -0.3 is 5.73 Å². The van der Waals surface area contributed by atoms with E-state index in [2.05, 4.69) is 10.2 Å². The summed E-state index contributed by atoms with van der Waals surface area (Å²) in [7, 11) is 0. The molecule has 48 valence electrons. The minimum Gasteiger partial charge on any atom is -0.382 e. The first-order chi connectivity index (χ1) is 4.20. The molecule has 0 aliphatic rings. The van der Waals surface area contributed by atoms with Gasteiger partial charge in [-0.25, -0.2) is 0 Å². The smallest absolute Gasteiger partial charge is 0.182 e. The third-order valence-corrected chi connectivity index (χ3v) is 1.63. The number of aryl methyl sites for hydroxylation is 1. The molecule has 9 heavy (non-hydrogen) atoms. The van der Waals surface area contributed by atoms with Crippen molar-refractivity contribution in [3.8, 4) is 0 Å². The number of nitrogens with one attached hydrogen (secondary N) is 1. The van der Waals surface area contributed by atoms with Crippen LogP contribution in [0.2, 0.25) is 0 Å². The largest absolute Gasteiger partial charge is 0.382 e. The minimum absolute atomic E-state index is 0.0133. The zero-order valence-corrected chi connectivity index (χ0v) is 5.70. The van der Waals surface area contributed by atoms with E-state index in [1.807, 2.05) is 6.92 Å². The number of nitrogen functional groups attached to an aromatic ring is 1. The average Bonchev–Trinajstić information content (AvgIpc) is 2.14. The van der Waals surface area contributed by atoms with Crippen LogP contribution in [0.5, 0.6) is 0 Å². The molecule has 0 atom stereocenters. The summed E-state index contributed by atoms with van der Waals surface area (Å²) in [5.41, 5.74) is 5.12. The van der Waals surface area contributed by atoms with Crippen LogP contribution in [-0.2, 0) is 0 Å². The number of amidine groups is 1. The van der Waals surface area contributed by atoms with E-state index in [-0.39, 0.29) is 5.84 Å². The van der Waals surface area contributed by atoms with E-state index in [0.717, 1.165) is 5.01 Å². The Morgan fingerprint density at radius 3 is 2.56 bits per heavy atom. The number of aromatic nitrogens is 2. The fourth-order valence-electron chi connectivity index (χ4n) is 0.405. The summed E-state index contributed by atoms with van der Waals surface area (Å²) in [5.74, 6) is -0.0133.